The number of aromatic nitrogens is 2. The molecular weight excluding hydrogens is 549 g/mol. The van der Waals surface area contributed by atoms with Crippen LogP contribution in [0.4, 0.5) is 4.39 Å². The third kappa shape index (κ3) is 6.37. The summed E-state index contributed by atoms with van der Waals surface area (Å²) in [6.45, 7) is 6.13. The number of methoxy groups -OCH3 is 1. The molecule has 1 heterocycles. The molecule has 0 saturated carbocycles. The predicted octanol–water partition coefficient (Wildman–Crippen LogP) is 6.84. The standard InChI is InChI=1S/C30H29BrFN3O3/c1-4-6-11-28-34-26-13-12-23(31)17-25(26)30(36)35(28)33-18-21-14-22(8-5-2)29(27(16-21)37-3)38-19-20-9-7-10-24(32)15-20/h5,7,9-10,12-18H,2,4,6,8,11,19H2,1,3H3. The molecule has 0 N–H and O–H groups in total. The van der Waals surface area contributed by atoms with E-state index in [-0.39, 0.29) is 18.0 Å². The summed E-state index contributed by atoms with van der Waals surface area (Å²) in [5, 5.41) is 5.04. The number of halogens is 2. The van der Waals surface area contributed by atoms with Crippen molar-refractivity contribution in [3.05, 3.63) is 110 Å². The van der Waals surface area contributed by atoms with Gasteiger partial charge in [0.15, 0.2) is 11.5 Å². The third-order valence-electron chi connectivity index (χ3n) is 5.96. The maximum Gasteiger partial charge on any atom is 0.282 e. The van der Waals surface area contributed by atoms with E-state index in [0.717, 1.165) is 28.4 Å². The minimum absolute atomic E-state index is 0.181. The molecule has 0 aliphatic rings. The molecule has 0 unspecified atom stereocenters. The molecule has 3 aromatic carbocycles. The van der Waals surface area contributed by atoms with Crippen molar-refractivity contribution >= 4 is 33.0 Å². The van der Waals surface area contributed by atoms with Gasteiger partial charge < -0.3 is 9.47 Å². The van der Waals surface area contributed by atoms with Crippen LogP contribution in [0.2, 0.25) is 0 Å². The summed E-state index contributed by atoms with van der Waals surface area (Å²) in [5.41, 5.74) is 2.67. The molecular formula is C30H29BrFN3O3. The second-order valence-electron chi connectivity index (χ2n) is 8.78. The largest absolute Gasteiger partial charge is 0.493 e. The lowest BCUT2D eigenvalue weighted by molar-refractivity contribution is 0.281. The normalized spacial score (nSPS) is 11.3. The van der Waals surface area contributed by atoms with E-state index in [9.17, 15) is 9.18 Å². The van der Waals surface area contributed by atoms with Gasteiger partial charge in [-0.15, -0.1) is 6.58 Å². The fourth-order valence-electron chi connectivity index (χ4n) is 4.10. The Balaban J connectivity index is 1.72. The van der Waals surface area contributed by atoms with Crippen LogP contribution in [0.5, 0.6) is 11.5 Å². The lowest BCUT2D eigenvalue weighted by Gasteiger charge is -2.16. The summed E-state index contributed by atoms with van der Waals surface area (Å²) < 4.78 is 27.5. The molecule has 0 atom stereocenters. The number of rotatable bonds is 11. The summed E-state index contributed by atoms with van der Waals surface area (Å²) in [6.07, 6.45) is 6.39. The number of hydrogen-bond acceptors (Lipinski definition) is 5. The number of benzene rings is 3. The summed E-state index contributed by atoms with van der Waals surface area (Å²) in [4.78, 5) is 18.1. The fraction of sp³-hybridized carbons (Fsp3) is 0.233. The first kappa shape index (κ1) is 27.3. The first-order valence-corrected chi connectivity index (χ1v) is 13.2. The number of unbranched alkanes of at least 4 members (excludes halogenated alkanes) is 1. The molecule has 0 bridgehead atoms. The van der Waals surface area contributed by atoms with Crippen LogP contribution in [0.3, 0.4) is 0 Å². The molecule has 0 saturated heterocycles. The molecule has 0 aliphatic heterocycles. The van der Waals surface area contributed by atoms with E-state index in [1.165, 1.54) is 16.8 Å². The zero-order valence-corrected chi connectivity index (χ0v) is 23.0. The summed E-state index contributed by atoms with van der Waals surface area (Å²) in [6, 6.07) is 15.4. The summed E-state index contributed by atoms with van der Waals surface area (Å²) in [7, 11) is 1.56. The highest BCUT2D eigenvalue weighted by Crippen LogP contribution is 2.34. The zero-order valence-electron chi connectivity index (χ0n) is 21.4. The maximum absolute atomic E-state index is 13.6. The van der Waals surface area contributed by atoms with E-state index in [1.807, 2.05) is 18.2 Å². The van der Waals surface area contributed by atoms with E-state index < -0.39 is 0 Å². The Morgan fingerprint density at radius 3 is 2.76 bits per heavy atom. The first-order chi connectivity index (χ1) is 18.4. The van der Waals surface area contributed by atoms with Crippen LogP contribution < -0.4 is 15.0 Å². The molecule has 6 nitrogen and oxygen atoms in total. The van der Waals surface area contributed by atoms with Crippen LogP contribution in [0.1, 0.15) is 42.3 Å². The van der Waals surface area contributed by atoms with E-state index in [4.69, 9.17) is 14.5 Å². The minimum atomic E-state index is -0.319. The SMILES string of the molecule is C=CCc1cc(C=Nn2c(CCCC)nc3ccc(Br)cc3c2=O)cc(OC)c1OCc1cccc(F)c1. The Morgan fingerprint density at radius 2 is 2.03 bits per heavy atom. The molecule has 0 spiro atoms. The van der Waals surface area contributed by atoms with Crippen molar-refractivity contribution in [3.63, 3.8) is 0 Å². The minimum Gasteiger partial charge on any atom is -0.493 e. The Kier molecular flexibility index (Phi) is 9.07. The highest BCUT2D eigenvalue weighted by Gasteiger charge is 2.14. The molecule has 1 aromatic heterocycles. The Morgan fingerprint density at radius 1 is 1.18 bits per heavy atom. The highest BCUT2D eigenvalue weighted by molar-refractivity contribution is 9.10. The Bertz CT molecular complexity index is 1550. The average Bonchev–Trinajstić information content (AvgIpc) is 2.91. The van der Waals surface area contributed by atoms with Crippen molar-refractivity contribution < 1.29 is 13.9 Å². The average molecular weight is 578 g/mol. The molecule has 0 fully saturated rings. The second-order valence-corrected chi connectivity index (χ2v) is 9.69. The third-order valence-corrected chi connectivity index (χ3v) is 6.46. The topological polar surface area (TPSA) is 65.7 Å². The van der Waals surface area contributed by atoms with Crippen LogP contribution in [-0.4, -0.2) is 23.0 Å². The number of nitrogens with zero attached hydrogens (tertiary/aromatic N) is 3. The monoisotopic (exact) mass is 577 g/mol. The molecule has 0 radical (unpaired) electrons. The second kappa shape index (κ2) is 12.6. The van der Waals surface area contributed by atoms with E-state index in [1.54, 1.807) is 43.7 Å². The van der Waals surface area contributed by atoms with Gasteiger partial charge in [-0.25, -0.2) is 9.37 Å². The van der Waals surface area contributed by atoms with E-state index in [0.29, 0.717) is 46.6 Å². The van der Waals surface area contributed by atoms with Crippen LogP contribution >= 0.6 is 15.9 Å². The number of hydrogen-bond donors (Lipinski definition) is 0. The number of aryl methyl sites for hydroxylation is 1. The predicted molar refractivity (Wildman–Crippen MR) is 153 cm³/mol. The first-order valence-electron chi connectivity index (χ1n) is 12.4. The van der Waals surface area contributed by atoms with Gasteiger partial charge in [0.25, 0.3) is 5.56 Å². The maximum atomic E-state index is 13.6. The molecule has 0 amide bonds. The molecule has 38 heavy (non-hydrogen) atoms. The van der Waals surface area contributed by atoms with Gasteiger partial charge in [-0.3, -0.25) is 4.79 Å². The van der Waals surface area contributed by atoms with Gasteiger partial charge in [0.05, 0.1) is 24.2 Å². The smallest absolute Gasteiger partial charge is 0.282 e. The van der Waals surface area contributed by atoms with E-state index in [2.05, 4.69) is 34.5 Å². The Hall–Kier alpha value is -3.78. The Labute approximate surface area is 229 Å². The molecule has 196 valence electrons. The van der Waals surface area contributed by atoms with Crippen molar-refractivity contribution in [1.29, 1.82) is 0 Å². The van der Waals surface area contributed by atoms with Crippen molar-refractivity contribution in [3.8, 4) is 11.5 Å². The van der Waals surface area contributed by atoms with Gasteiger partial charge in [0, 0.05) is 16.5 Å². The van der Waals surface area contributed by atoms with Crippen LogP contribution in [0.25, 0.3) is 10.9 Å². The number of ether oxygens (including phenoxy) is 2. The molecule has 0 aliphatic carbocycles. The van der Waals surface area contributed by atoms with Crippen molar-refractivity contribution in [2.45, 2.75) is 39.2 Å². The molecule has 4 aromatic rings. The van der Waals surface area contributed by atoms with Gasteiger partial charge in [-0.1, -0.05) is 47.5 Å². The van der Waals surface area contributed by atoms with Crippen molar-refractivity contribution in [2.75, 3.05) is 7.11 Å². The van der Waals surface area contributed by atoms with Gasteiger partial charge >= 0.3 is 0 Å². The van der Waals surface area contributed by atoms with Gasteiger partial charge in [0.2, 0.25) is 0 Å². The highest BCUT2D eigenvalue weighted by atomic mass is 79.9. The van der Waals surface area contributed by atoms with Crippen molar-refractivity contribution in [1.82, 2.24) is 9.66 Å². The van der Waals surface area contributed by atoms with Crippen LogP contribution in [-0.2, 0) is 19.4 Å². The summed E-state index contributed by atoms with van der Waals surface area (Å²) in [5.74, 6) is 1.34. The lowest BCUT2D eigenvalue weighted by Crippen LogP contribution is -2.22. The van der Waals surface area contributed by atoms with Crippen LogP contribution in [0.15, 0.2) is 81.6 Å². The number of allylic oxidation sites excluding steroid dienone is 1. The van der Waals surface area contributed by atoms with Crippen LogP contribution in [0, 0.1) is 5.82 Å². The molecule has 4 rings (SSSR count). The summed E-state index contributed by atoms with van der Waals surface area (Å²) >= 11 is 3.44. The van der Waals surface area contributed by atoms with E-state index >= 15 is 0 Å². The van der Waals surface area contributed by atoms with Gasteiger partial charge in [0.1, 0.15) is 18.2 Å². The fourth-order valence-corrected chi connectivity index (χ4v) is 4.46. The van der Waals surface area contributed by atoms with Gasteiger partial charge in [-0.2, -0.15) is 9.78 Å². The zero-order chi connectivity index (χ0) is 27.1. The lowest BCUT2D eigenvalue weighted by atomic mass is 10.1. The van der Waals surface area contributed by atoms with Gasteiger partial charge in [-0.05, 0) is 66.4 Å². The number of fused-ring (bicyclic) bond motifs is 1. The quantitative estimate of drug-likeness (QED) is 0.144. The molecule has 8 heteroatoms. The van der Waals surface area contributed by atoms with Crippen molar-refractivity contribution in [2.24, 2.45) is 5.10 Å².